The van der Waals surface area contributed by atoms with Gasteiger partial charge in [0.2, 0.25) is 0 Å². The average Bonchev–Trinajstić information content (AvgIpc) is 3.00. The highest BCUT2D eigenvalue weighted by Crippen LogP contribution is 2.36. The molecule has 1 aromatic rings. The van der Waals surface area contributed by atoms with Crippen LogP contribution < -0.4 is 5.73 Å². The highest BCUT2D eigenvalue weighted by Gasteiger charge is 2.33. The lowest BCUT2D eigenvalue weighted by atomic mass is 9.99. The SMILES string of the molecule is N[C@H](c1ccccc1)[C@@H](O)C1CC1. The van der Waals surface area contributed by atoms with Crippen LogP contribution in [0.4, 0.5) is 0 Å². The van der Waals surface area contributed by atoms with Crippen molar-refractivity contribution in [1.29, 1.82) is 0 Å². The van der Waals surface area contributed by atoms with Crippen molar-refractivity contribution in [3.63, 3.8) is 0 Å². The molecule has 0 radical (unpaired) electrons. The zero-order valence-electron chi connectivity index (χ0n) is 7.56. The molecule has 1 aliphatic carbocycles. The van der Waals surface area contributed by atoms with E-state index in [9.17, 15) is 5.11 Å². The van der Waals surface area contributed by atoms with Crippen molar-refractivity contribution in [2.75, 3.05) is 0 Å². The third-order valence-corrected chi connectivity index (χ3v) is 2.66. The van der Waals surface area contributed by atoms with Crippen molar-refractivity contribution < 1.29 is 5.11 Å². The number of benzene rings is 1. The van der Waals surface area contributed by atoms with Crippen LogP contribution in [0.15, 0.2) is 30.3 Å². The Morgan fingerprint density at radius 1 is 1.23 bits per heavy atom. The Balaban J connectivity index is 2.07. The minimum absolute atomic E-state index is 0.214. The van der Waals surface area contributed by atoms with Gasteiger partial charge in [-0.25, -0.2) is 0 Å². The minimum atomic E-state index is -0.359. The zero-order valence-corrected chi connectivity index (χ0v) is 7.56. The van der Waals surface area contributed by atoms with Gasteiger partial charge in [0.25, 0.3) is 0 Å². The van der Waals surface area contributed by atoms with E-state index in [0.29, 0.717) is 5.92 Å². The van der Waals surface area contributed by atoms with Gasteiger partial charge in [0, 0.05) is 0 Å². The number of nitrogens with two attached hydrogens (primary N) is 1. The van der Waals surface area contributed by atoms with Crippen LogP contribution >= 0.6 is 0 Å². The van der Waals surface area contributed by atoms with Gasteiger partial charge in [0.1, 0.15) is 0 Å². The molecule has 2 rings (SSSR count). The highest BCUT2D eigenvalue weighted by molar-refractivity contribution is 5.20. The van der Waals surface area contributed by atoms with Crippen LogP contribution in [0, 0.1) is 5.92 Å². The molecule has 1 fully saturated rings. The van der Waals surface area contributed by atoms with Crippen molar-refractivity contribution in [2.45, 2.75) is 25.0 Å². The van der Waals surface area contributed by atoms with Crippen LogP contribution in [0.3, 0.4) is 0 Å². The molecule has 3 N–H and O–H groups in total. The average molecular weight is 177 g/mol. The van der Waals surface area contributed by atoms with Crippen molar-refractivity contribution in [2.24, 2.45) is 11.7 Å². The van der Waals surface area contributed by atoms with Crippen LogP contribution in [-0.2, 0) is 0 Å². The molecule has 0 unspecified atom stereocenters. The number of aliphatic hydroxyl groups excluding tert-OH is 1. The molecule has 0 aliphatic heterocycles. The first kappa shape index (κ1) is 8.73. The maximum absolute atomic E-state index is 9.79. The summed E-state index contributed by atoms with van der Waals surface area (Å²) in [6.45, 7) is 0. The number of hydrogen-bond acceptors (Lipinski definition) is 2. The van der Waals surface area contributed by atoms with Crippen LogP contribution in [0.5, 0.6) is 0 Å². The molecule has 1 aromatic carbocycles. The van der Waals surface area contributed by atoms with Crippen molar-refractivity contribution in [3.8, 4) is 0 Å². The molecular formula is C11H15NO. The molecule has 0 amide bonds. The second-order valence-electron chi connectivity index (χ2n) is 3.76. The second-order valence-corrected chi connectivity index (χ2v) is 3.76. The first-order valence-corrected chi connectivity index (χ1v) is 4.77. The normalized spacial score (nSPS) is 21.1. The van der Waals surface area contributed by atoms with E-state index in [4.69, 9.17) is 5.73 Å². The first-order valence-electron chi connectivity index (χ1n) is 4.77. The molecule has 13 heavy (non-hydrogen) atoms. The Morgan fingerprint density at radius 3 is 2.38 bits per heavy atom. The lowest BCUT2D eigenvalue weighted by Gasteiger charge is -2.18. The molecule has 0 bridgehead atoms. The Hall–Kier alpha value is -0.860. The summed E-state index contributed by atoms with van der Waals surface area (Å²) in [6, 6.07) is 9.59. The summed E-state index contributed by atoms with van der Waals surface area (Å²) in [5.41, 5.74) is 6.96. The summed E-state index contributed by atoms with van der Waals surface area (Å²) < 4.78 is 0. The van der Waals surface area contributed by atoms with Crippen LogP contribution in [-0.4, -0.2) is 11.2 Å². The zero-order chi connectivity index (χ0) is 9.26. The maximum atomic E-state index is 9.79. The Bertz CT molecular complexity index is 269. The van der Waals surface area contributed by atoms with Crippen LogP contribution in [0.1, 0.15) is 24.4 Å². The molecule has 0 heterocycles. The van der Waals surface area contributed by atoms with Crippen molar-refractivity contribution in [3.05, 3.63) is 35.9 Å². The third-order valence-electron chi connectivity index (χ3n) is 2.66. The van der Waals surface area contributed by atoms with Gasteiger partial charge in [-0.05, 0) is 24.3 Å². The fourth-order valence-corrected chi connectivity index (χ4v) is 1.60. The van der Waals surface area contributed by atoms with E-state index in [1.807, 2.05) is 30.3 Å². The largest absolute Gasteiger partial charge is 0.391 e. The van der Waals surface area contributed by atoms with E-state index < -0.39 is 0 Å². The summed E-state index contributed by atoms with van der Waals surface area (Å²) in [6.07, 6.45) is 1.89. The number of hydrogen-bond donors (Lipinski definition) is 2. The Morgan fingerprint density at radius 2 is 1.85 bits per heavy atom. The summed E-state index contributed by atoms with van der Waals surface area (Å²) in [5, 5.41) is 9.79. The van der Waals surface area contributed by atoms with Crippen LogP contribution in [0.25, 0.3) is 0 Å². The van der Waals surface area contributed by atoms with Gasteiger partial charge in [-0.1, -0.05) is 30.3 Å². The van der Waals surface area contributed by atoms with E-state index in [2.05, 4.69) is 0 Å². The van der Waals surface area contributed by atoms with E-state index in [1.54, 1.807) is 0 Å². The summed E-state index contributed by atoms with van der Waals surface area (Å²) >= 11 is 0. The summed E-state index contributed by atoms with van der Waals surface area (Å²) in [5.74, 6) is 0.440. The van der Waals surface area contributed by atoms with Gasteiger partial charge in [0.15, 0.2) is 0 Å². The number of aliphatic hydroxyl groups is 1. The predicted octanol–water partition coefficient (Wildman–Crippen LogP) is 1.46. The molecule has 2 atom stereocenters. The molecule has 2 heteroatoms. The van der Waals surface area contributed by atoms with Gasteiger partial charge < -0.3 is 10.8 Å². The maximum Gasteiger partial charge on any atom is 0.0760 e. The fourth-order valence-electron chi connectivity index (χ4n) is 1.60. The Labute approximate surface area is 78.4 Å². The van der Waals surface area contributed by atoms with Gasteiger partial charge in [-0.2, -0.15) is 0 Å². The lowest BCUT2D eigenvalue weighted by Crippen LogP contribution is -2.27. The molecule has 0 spiro atoms. The van der Waals surface area contributed by atoms with E-state index in [0.717, 1.165) is 18.4 Å². The minimum Gasteiger partial charge on any atom is -0.391 e. The first-order chi connectivity index (χ1) is 6.29. The third kappa shape index (κ3) is 1.90. The quantitative estimate of drug-likeness (QED) is 0.734. The highest BCUT2D eigenvalue weighted by atomic mass is 16.3. The fraction of sp³-hybridized carbons (Fsp3) is 0.455. The van der Waals surface area contributed by atoms with Gasteiger partial charge >= 0.3 is 0 Å². The molecule has 2 nitrogen and oxygen atoms in total. The molecular weight excluding hydrogens is 162 g/mol. The standard InChI is InChI=1S/C11H15NO/c12-10(11(13)9-6-7-9)8-4-2-1-3-5-8/h1-5,9-11,13H,6-7,12H2/t10-,11+/m1/s1. The molecule has 70 valence electrons. The lowest BCUT2D eigenvalue weighted by molar-refractivity contribution is 0.122. The van der Waals surface area contributed by atoms with E-state index in [-0.39, 0.29) is 12.1 Å². The summed E-state index contributed by atoms with van der Waals surface area (Å²) in [7, 11) is 0. The molecule has 0 aromatic heterocycles. The molecule has 0 saturated heterocycles. The molecule has 1 saturated carbocycles. The predicted molar refractivity (Wildman–Crippen MR) is 52.1 cm³/mol. The topological polar surface area (TPSA) is 46.2 Å². The van der Waals surface area contributed by atoms with E-state index in [1.165, 1.54) is 0 Å². The van der Waals surface area contributed by atoms with Crippen LogP contribution in [0.2, 0.25) is 0 Å². The monoisotopic (exact) mass is 177 g/mol. The second kappa shape index (κ2) is 3.48. The van der Waals surface area contributed by atoms with Gasteiger partial charge in [-0.15, -0.1) is 0 Å². The van der Waals surface area contributed by atoms with Crippen molar-refractivity contribution >= 4 is 0 Å². The number of rotatable bonds is 3. The van der Waals surface area contributed by atoms with E-state index >= 15 is 0 Å². The molecule has 1 aliphatic rings. The van der Waals surface area contributed by atoms with Gasteiger partial charge in [-0.3, -0.25) is 0 Å². The Kier molecular flexibility index (Phi) is 2.34. The summed E-state index contributed by atoms with van der Waals surface area (Å²) in [4.78, 5) is 0. The smallest absolute Gasteiger partial charge is 0.0760 e. The van der Waals surface area contributed by atoms with Gasteiger partial charge in [0.05, 0.1) is 12.1 Å². The van der Waals surface area contributed by atoms with Crippen molar-refractivity contribution in [1.82, 2.24) is 0 Å².